The molecule has 0 aromatic heterocycles. The molecule has 0 aromatic carbocycles. The van der Waals surface area contributed by atoms with Crippen molar-refractivity contribution in [2.45, 2.75) is 26.2 Å². The van der Waals surface area contributed by atoms with E-state index in [9.17, 15) is 4.79 Å². The molecular formula is C8H17NO2. The number of ether oxygens (including phenoxy) is 1. The molecule has 0 aliphatic rings. The highest BCUT2D eigenvalue weighted by Gasteiger charge is 1.97. The molecule has 0 bridgehead atoms. The van der Waals surface area contributed by atoms with Crippen LogP contribution in [0.3, 0.4) is 0 Å². The molecule has 0 saturated carbocycles. The molecule has 3 heteroatoms. The molecule has 0 aliphatic heterocycles. The van der Waals surface area contributed by atoms with Crippen molar-refractivity contribution in [3.8, 4) is 0 Å². The maximum absolute atomic E-state index is 10.9. The number of carbonyl (C=O) groups excluding carboxylic acids is 1. The third-order valence-corrected chi connectivity index (χ3v) is 1.39. The number of amides is 1. The summed E-state index contributed by atoms with van der Waals surface area (Å²) in [6.07, 6.45) is 2.68. The van der Waals surface area contributed by atoms with Gasteiger partial charge in [0.15, 0.2) is 0 Å². The van der Waals surface area contributed by atoms with Crippen molar-refractivity contribution in [3.63, 3.8) is 0 Å². The molecule has 11 heavy (non-hydrogen) atoms. The lowest BCUT2D eigenvalue weighted by atomic mass is 10.2. The van der Waals surface area contributed by atoms with Crippen molar-refractivity contribution in [2.75, 3.05) is 20.3 Å². The van der Waals surface area contributed by atoms with E-state index in [1.165, 1.54) is 0 Å². The van der Waals surface area contributed by atoms with E-state index in [4.69, 9.17) is 4.74 Å². The van der Waals surface area contributed by atoms with Gasteiger partial charge in [0.25, 0.3) is 0 Å². The topological polar surface area (TPSA) is 38.3 Å². The highest BCUT2D eigenvalue weighted by Crippen LogP contribution is 1.92. The van der Waals surface area contributed by atoms with E-state index in [1.807, 2.05) is 0 Å². The maximum atomic E-state index is 10.9. The molecule has 0 saturated heterocycles. The predicted molar refractivity (Wildman–Crippen MR) is 44.4 cm³/mol. The average Bonchev–Trinajstić information content (AvgIpc) is 2.01. The van der Waals surface area contributed by atoms with Crippen LogP contribution in [-0.2, 0) is 9.53 Å². The lowest BCUT2D eigenvalue weighted by molar-refractivity contribution is -0.121. The fourth-order valence-electron chi connectivity index (χ4n) is 0.718. The Labute approximate surface area is 68.1 Å². The lowest BCUT2D eigenvalue weighted by Gasteiger charge is -2.02. The molecule has 0 heterocycles. The maximum Gasteiger partial charge on any atom is 0.220 e. The molecule has 0 unspecified atom stereocenters. The van der Waals surface area contributed by atoms with Crippen molar-refractivity contribution < 1.29 is 9.53 Å². The van der Waals surface area contributed by atoms with E-state index in [-0.39, 0.29) is 5.91 Å². The van der Waals surface area contributed by atoms with Crippen LogP contribution in [0.25, 0.3) is 0 Å². The van der Waals surface area contributed by atoms with Gasteiger partial charge in [-0.25, -0.2) is 0 Å². The quantitative estimate of drug-likeness (QED) is 0.586. The summed E-state index contributed by atoms with van der Waals surface area (Å²) in [6, 6.07) is 0. The SMILES string of the molecule is CCCCC(=O)NCCOC. The van der Waals surface area contributed by atoms with Gasteiger partial charge in [0, 0.05) is 20.1 Å². The molecular weight excluding hydrogens is 142 g/mol. The van der Waals surface area contributed by atoms with E-state index in [0.717, 1.165) is 12.8 Å². The molecule has 66 valence electrons. The summed E-state index contributed by atoms with van der Waals surface area (Å²) in [5, 5.41) is 2.75. The van der Waals surface area contributed by atoms with Crippen molar-refractivity contribution in [1.29, 1.82) is 0 Å². The van der Waals surface area contributed by atoms with Gasteiger partial charge in [-0.3, -0.25) is 4.79 Å². The van der Waals surface area contributed by atoms with Gasteiger partial charge in [-0.05, 0) is 6.42 Å². The first-order valence-corrected chi connectivity index (χ1v) is 4.07. The standard InChI is InChI=1S/C8H17NO2/c1-3-4-5-8(10)9-6-7-11-2/h3-7H2,1-2H3,(H,9,10). The minimum atomic E-state index is 0.129. The first kappa shape index (κ1) is 10.4. The molecule has 0 radical (unpaired) electrons. The summed E-state index contributed by atoms with van der Waals surface area (Å²) in [6.45, 7) is 3.29. The van der Waals surface area contributed by atoms with Crippen LogP contribution in [0, 0.1) is 0 Å². The van der Waals surface area contributed by atoms with Crippen molar-refractivity contribution in [1.82, 2.24) is 5.32 Å². The van der Waals surface area contributed by atoms with Crippen LogP contribution in [0.15, 0.2) is 0 Å². The van der Waals surface area contributed by atoms with Crippen LogP contribution in [-0.4, -0.2) is 26.2 Å². The highest BCUT2D eigenvalue weighted by molar-refractivity contribution is 5.75. The summed E-state index contributed by atoms with van der Waals surface area (Å²) in [5.41, 5.74) is 0. The second kappa shape index (κ2) is 7.54. The molecule has 0 aliphatic carbocycles. The minimum absolute atomic E-state index is 0.129. The fraction of sp³-hybridized carbons (Fsp3) is 0.875. The van der Waals surface area contributed by atoms with Crippen molar-refractivity contribution in [2.24, 2.45) is 0 Å². The van der Waals surface area contributed by atoms with Crippen LogP contribution < -0.4 is 5.32 Å². The van der Waals surface area contributed by atoms with E-state index in [2.05, 4.69) is 12.2 Å². The Morgan fingerprint density at radius 1 is 1.55 bits per heavy atom. The molecule has 3 nitrogen and oxygen atoms in total. The van der Waals surface area contributed by atoms with E-state index < -0.39 is 0 Å². The van der Waals surface area contributed by atoms with Gasteiger partial charge in [-0.1, -0.05) is 13.3 Å². The van der Waals surface area contributed by atoms with Crippen molar-refractivity contribution >= 4 is 5.91 Å². The molecule has 0 rings (SSSR count). The third-order valence-electron chi connectivity index (χ3n) is 1.39. The second-order valence-corrected chi connectivity index (χ2v) is 2.45. The van der Waals surface area contributed by atoms with Crippen molar-refractivity contribution in [3.05, 3.63) is 0 Å². The number of methoxy groups -OCH3 is 1. The number of carbonyl (C=O) groups is 1. The first-order chi connectivity index (χ1) is 5.31. The van der Waals surface area contributed by atoms with Crippen LogP contribution in [0.4, 0.5) is 0 Å². The number of hydrogen-bond acceptors (Lipinski definition) is 2. The monoisotopic (exact) mass is 159 g/mol. The van der Waals surface area contributed by atoms with Gasteiger partial charge < -0.3 is 10.1 Å². The Morgan fingerprint density at radius 3 is 2.82 bits per heavy atom. The van der Waals surface area contributed by atoms with Gasteiger partial charge in [0.2, 0.25) is 5.91 Å². The minimum Gasteiger partial charge on any atom is -0.383 e. The number of rotatable bonds is 6. The third kappa shape index (κ3) is 7.33. The zero-order chi connectivity index (χ0) is 8.53. The van der Waals surface area contributed by atoms with E-state index in [1.54, 1.807) is 7.11 Å². The molecule has 1 N–H and O–H groups in total. The number of nitrogens with one attached hydrogen (secondary N) is 1. The second-order valence-electron chi connectivity index (χ2n) is 2.45. The normalized spacial score (nSPS) is 9.64. The molecule has 0 fully saturated rings. The largest absolute Gasteiger partial charge is 0.383 e. The summed E-state index contributed by atoms with van der Waals surface area (Å²) < 4.78 is 4.78. The summed E-state index contributed by atoms with van der Waals surface area (Å²) >= 11 is 0. The van der Waals surface area contributed by atoms with E-state index in [0.29, 0.717) is 19.6 Å². The van der Waals surface area contributed by atoms with Crippen LogP contribution in [0.5, 0.6) is 0 Å². The fourth-order valence-corrected chi connectivity index (χ4v) is 0.718. The van der Waals surface area contributed by atoms with Crippen LogP contribution >= 0.6 is 0 Å². The van der Waals surface area contributed by atoms with E-state index >= 15 is 0 Å². The molecule has 0 spiro atoms. The number of hydrogen-bond donors (Lipinski definition) is 1. The average molecular weight is 159 g/mol. The molecule has 0 aromatic rings. The summed E-state index contributed by atoms with van der Waals surface area (Å²) in [7, 11) is 1.62. The predicted octanol–water partition coefficient (Wildman–Crippen LogP) is 0.939. The van der Waals surface area contributed by atoms with Crippen LogP contribution in [0.1, 0.15) is 26.2 Å². The zero-order valence-electron chi connectivity index (χ0n) is 7.35. The smallest absolute Gasteiger partial charge is 0.220 e. The lowest BCUT2D eigenvalue weighted by Crippen LogP contribution is -2.26. The van der Waals surface area contributed by atoms with Crippen LogP contribution in [0.2, 0.25) is 0 Å². The Balaban J connectivity index is 3.09. The van der Waals surface area contributed by atoms with Gasteiger partial charge >= 0.3 is 0 Å². The van der Waals surface area contributed by atoms with Gasteiger partial charge in [-0.2, -0.15) is 0 Å². The van der Waals surface area contributed by atoms with Gasteiger partial charge in [-0.15, -0.1) is 0 Å². The highest BCUT2D eigenvalue weighted by atomic mass is 16.5. The number of unbranched alkanes of at least 4 members (excludes halogenated alkanes) is 1. The summed E-state index contributed by atoms with van der Waals surface area (Å²) in [4.78, 5) is 10.9. The van der Waals surface area contributed by atoms with Gasteiger partial charge in [0.1, 0.15) is 0 Å². The summed E-state index contributed by atoms with van der Waals surface area (Å²) in [5.74, 6) is 0.129. The Hall–Kier alpha value is -0.570. The Kier molecular flexibility index (Phi) is 7.15. The first-order valence-electron chi connectivity index (χ1n) is 4.07. The Morgan fingerprint density at radius 2 is 2.27 bits per heavy atom. The van der Waals surface area contributed by atoms with Gasteiger partial charge in [0.05, 0.1) is 6.61 Å². The Bertz CT molecular complexity index is 104. The molecule has 0 atom stereocenters. The molecule has 1 amide bonds. The zero-order valence-corrected chi connectivity index (χ0v) is 7.35.